The van der Waals surface area contributed by atoms with E-state index in [2.05, 4.69) is 35.8 Å². The molecule has 1 aromatic rings. The van der Waals surface area contributed by atoms with Gasteiger partial charge in [0.05, 0.1) is 20.3 Å². The van der Waals surface area contributed by atoms with E-state index < -0.39 is 0 Å². The highest BCUT2D eigenvalue weighted by Crippen LogP contribution is 2.27. The van der Waals surface area contributed by atoms with E-state index >= 15 is 0 Å². The summed E-state index contributed by atoms with van der Waals surface area (Å²) >= 11 is 0. The molecule has 0 unspecified atom stereocenters. The predicted octanol–water partition coefficient (Wildman–Crippen LogP) is 2.07. The lowest BCUT2D eigenvalue weighted by molar-refractivity contribution is 0.0117. The summed E-state index contributed by atoms with van der Waals surface area (Å²) in [5.74, 6) is 1.97. The van der Waals surface area contributed by atoms with Gasteiger partial charge in [-0.1, -0.05) is 6.07 Å². The molecule has 2 fully saturated rings. The van der Waals surface area contributed by atoms with Gasteiger partial charge in [0, 0.05) is 45.9 Å². The number of nitrogens with zero attached hydrogens (tertiary/aromatic N) is 2. The van der Waals surface area contributed by atoms with E-state index in [1.54, 1.807) is 7.11 Å². The van der Waals surface area contributed by atoms with Gasteiger partial charge in [0.1, 0.15) is 5.75 Å². The van der Waals surface area contributed by atoms with Crippen LogP contribution in [-0.2, 0) is 11.3 Å². The maximum atomic E-state index is 9.79. The standard InChI is InChI=1S/C21H34N2O3/c1-16-9-21(25-3)17(2)8-20(16)14-23-12-18(10-19(13-23)15-24)11-22-4-6-26-7-5-22/h8-9,18-19,24H,4-7,10-15H2,1-3H3/t18-,19-/m1/s1. The molecule has 0 spiro atoms. The number of aliphatic hydroxyl groups is 1. The van der Waals surface area contributed by atoms with Gasteiger partial charge < -0.3 is 14.6 Å². The molecule has 1 N–H and O–H groups in total. The molecule has 5 nitrogen and oxygen atoms in total. The molecule has 0 saturated carbocycles. The average Bonchev–Trinajstić information content (AvgIpc) is 2.65. The quantitative estimate of drug-likeness (QED) is 0.839. The lowest BCUT2D eigenvalue weighted by atomic mass is 9.88. The zero-order valence-electron chi connectivity index (χ0n) is 16.5. The van der Waals surface area contributed by atoms with Gasteiger partial charge in [0.15, 0.2) is 0 Å². The molecule has 2 saturated heterocycles. The van der Waals surface area contributed by atoms with Crippen molar-refractivity contribution in [1.29, 1.82) is 0 Å². The van der Waals surface area contributed by atoms with E-state index in [1.165, 1.54) is 16.7 Å². The minimum absolute atomic E-state index is 0.288. The third-order valence-electron chi connectivity index (χ3n) is 5.83. The lowest BCUT2D eigenvalue weighted by Crippen LogP contribution is -2.47. The van der Waals surface area contributed by atoms with Crippen LogP contribution in [0.1, 0.15) is 23.1 Å². The first-order chi connectivity index (χ1) is 12.6. The Balaban J connectivity index is 1.65. The molecule has 26 heavy (non-hydrogen) atoms. The number of aliphatic hydroxyl groups excluding tert-OH is 1. The van der Waals surface area contributed by atoms with Crippen molar-refractivity contribution in [2.75, 3.05) is 59.7 Å². The molecular formula is C21H34N2O3. The Kier molecular flexibility index (Phi) is 6.92. The first-order valence-corrected chi connectivity index (χ1v) is 9.86. The second-order valence-electron chi connectivity index (χ2n) is 8.01. The second-order valence-corrected chi connectivity index (χ2v) is 8.01. The van der Waals surface area contributed by atoms with E-state index in [0.29, 0.717) is 11.8 Å². The van der Waals surface area contributed by atoms with Gasteiger partial charge in [0.25, 0.3) is 0 Å². The number of piperidine rings is 1. The van der Waals surface area contributed by atoms with Crippen LogP contribution in [0.4, 0.5) is 0 Å². The minimum Gasteiger partial charge on any atom is -0.496 e. The van der Waals surface area contributed by atoms with Crippen LogP contribution in [0, 0.1) is 25.7 Å². The molecule has 3 rings (SSSR count). The van der Waals surface area contributed by atoms with Gasteiger partial charge in [-0.2, -0.15) is 0 Å². The fourth-order valence-electron chi connectivity index (χ4n) is 4.45. The van der Waals surface area contributed by atoms with Crippen molar-refractivity contribution >= 4 is 0 Å². The van der Waals surface area contributed by atoms with Crippen molar-refractivity contribution in [2.45, 2.75) is 26.8 Å². The third kappa shape index (κ3) is 4.97. The van der Waals surface area contributed by atoms with Crippen LogP contribution < -0.4 is 4.74 Å². The smallest absolute Gasteiger partial charge is 0.122 e. The normalized spacial score (nSPS) is 25.4. The van der Waals surface area contributed by atoms with Crippen molar-refractivity contribution in [1.82, 2.24) is 9.80 Å². The molecule has 2 aliphatic heterocycles. The summed E-state index contributed by atoms with van der Waals surface area (Å²) in [6.07, 6.45) is 1.13. The largest absolute Gasteiger partial charge is 0.496 e. The number of rotatable bonds is 6. The molecule has 146 valence electrons. The SMILES string of the molecule is COc1cc(C)c(CN2C[C@H](CO)C[C@H](CN3CCOCC3)C2)cc1C. The second kappa shape index (κ2) is 9.18. The predicted molar refractivity (Wildman–Crippen MR) is 104 cm³/mol. The van der Waals surface area contributed by atoms with Gasteiger partial charge in [-0.05, 0) is 54.9 Å². The molecule has 2 aliphatic rings. The Hall–Kier alpha value is -1.14. The summed E-state index contributed by atoms with van der Waals surface area (Å²) in [6, 6.07) is 4.40. The van der Waals surface area contributed by atoms with Crippen molar-refractivity contribution in [3.63, 3.8) is 0 Å². The number of likely N-dealkylation sites (tertiary alicyclic amines) is 1. The van der Waals surface area contributed by atoms with Crippen LogP contribution in [0.15, 0.2) is 12.1 Å². The number of hydrogen-bond acceptors (Lipinski definition) is 5. The summed E-state index contributed by atoms with van der Waals surface area (Å²) in [6.45, 7) is 12.5. The van der Waals surface area contributed by atoms with Crippen LogP contribution in [0.2, 0.25) is 0 Å². The molecule has 0 aromatic heterocycles. The molecule has 0 radical (unpaired) electrons. The Morgan fingerprint density at radius 1 is 1.08 bits per heavy atom. The van der Waals surface area contributed by atoms with Gasteiger partial charge in [-0.15, -0.1) is 0 Å². The zero-order valence-corrected chi connectivity index (χ0v) is 16.5. The van der Waals surface area contributed by atoms with Crippen LogP contribution >= 0.6 is 0 Å². The van der Waals surface area contributed by atoms with Crippen molar-refractivity contribution < 1.29 is 14.6 Å². The monoisotopic (exact) mass is 362 g/mol. The Labute approximate surface area is 157 Å². The Morgan fingerprint density at radius 2 is 1.81 bits per heavy atom. The van der Waals surface area contributed by atoms with E-state index in [-0.39, 0.29) is 6.61 Å². The number of aryl methyl sites for hydroxylation is 2. The zero-order chi connectivity index (χ0) is 18.5. The summed E-state index contributed by atoms with van der Waals surface area (Å²) in [7, 11) is 1.73. The van der Waals surface area contributed by atoms with E-state index in [9.17, 15) is 5.11 Å². The maximum Gasteiger partial charge on any atom is 0.122 e. The van der Waals surface area contributed by atoms with Gasteiger partial charge >= 0.3 is 0 Å². The number of hydrogen-bond donors (Lipinski definition) is 1. The summed E-state index contributed by atoms with van der Waals surface area (Å²) < 4.78 is 10.9. The van der Waals surface area contributed by atoms with Gasteiger partial charge in [0.2, 0.25) is 0 Å². The topological polar surface area (TPSA) is 45.2 Å². The fourth-order valence-corrected chi connectivity index (χ4v) is 4.45. The van der Waals surface area contributed by atoms with Gasteiger partial charge in [-0.3, -0.25) is 9.80 Å². The number of methoxy groups -OCH3 is 1. The van der Waals surface area contributed by atoms with Crippen molar-refractivity contribution in [2.24, 2.45) is 11.8 Å². The first-order valence-electron chi connectivity index (χ1n) is 9.86. The highest BCUT2D eigenvalue weighted by Gasteiger charge is 2.29. The molecule has 0 amide bonds. The van der Waals surface area contributed by atoms with E-state index in [4.69, 9.17) is 9.47 Å². The molecule has 2 heterocycles. The Bertz CT molecular complexity index is 587. The highest BCUT2D eigenvalue weighted by atomic mass is 16.5. The summed E-state index contributed by atoms with van der Waals surface area (Å²) in [4.78, 5) is 5.05. The van der Waals surface area contributed by atoms with Crippen LogP contribution in [-0.4, -0.2) is 74.6 Å². The molecule has 2 atom stereocenters. The maximum absolute atomic E-state index is 9.79. The molecule has 1 aromatic carbocycles. The van der Waals surface area contributed by atoms with Crippen LogP contribution in [0.25, 0.3) is 0 Å². The van der Waals surface area contributed by atoms with Crippen molar-refractivity contribution in [3.05, 3.63) is 28.8 Å². The minimum atomic E-state index is 0.288. The molecular weight excluding hydrogens is 328 g/mol. The van der Waals surface area contributed by atoms with Gasteiger partial charge in [-0.25, -0.2) is 0 Å². The first kappa shape index (κ1) is 19.6. The number of morpholine rings is 1. The van der Waals surface area contributed by atoms with E-state index in [0.717, 1.165) is 64.7 Å². The van der Waals surface area contributed by atoms with Crippen LogP contribution in [0.5, 0.6) is 5.75 Å². The highest BCUT2D eigenvalue weighted by molar-refractivity contribution is 5.41. The number of benzene rings is 1. The van der Waals surface area contributed by atoms with Crippen molar-refractivity contribution in [3.8, 4) is 5.75 Å². The lowest BCUT2D eigenvalue weighted by Gasteiger charge is -2.40. The fraction of sp³-hybridized carbons (Fsp3) is 0.714. The molecule has 5 heteroatoms. The molecule has 0 aliphatic carbocycles. The third-order valence-corrected chi connectivity index (χ3v) is 5.83. The summed E-state index contributed by atoms with van der Waals surface area (Å²) in [5.41, 5.74) is 3.84. The summed E-state index contributed by atoms with van der Waals surface area (Å²) in [5, 5.41) is 9.79. The molecule has 0 bridgehead atoms. The van der Waals surface area contributed by atoms with E-state index in [1.807, 2.05) is 0 Å². The van der Waals surface area contributed by atoms with Crippen LogP contribution in [0.3, 0.4) is 0 Å². The average molecular weight is 363 g/mol. The Morgan fingerprint density at radius 3 is 2.50 bits per heavy atom. The number of ether oxygens (including phenoxy) is 2.